The maximum Gasteiger partial charge on any atom is 0.0877 e. The molecule has 0 amide bonds. The lowest BCUT2D eigenvalue weighted by molar-refractivity contribution is -0.101. The summed E-state index contributed by atoms with van der Waals surface area (Å²) in [5.74, 6) is 1.98. The molecule has 1 fully saturated rings. The number of hydrogen-bond donors (Lipinski definition) is 0. The van der Waals surface area contributed by atoms with Crippen molar-refractivity contribution < 1.29 is 9.84 Å². The van der Waals surface area contributed by atoms with E-state index in [1.165, 1.54) is 12.8 Å². The molecule has 0 aliphatic heterocycles. The van der Waals surface area contributed by atoms with Crippen LogP contribution in [0.3, 0.4) is 0 Å². The second-order valence-corrected chi connectivity index (χ2v) is 5.98. The van der Waals surface area contributed by atoms with Crippen LogP contribution >= 0.6 is 0 Å². The average molecular weight is 241 g/mol. The summed E-state index contributed by atoms with van der Waals surface area (Å²) < 4.78 is 6.07. The van der Waals surface area contributed by atoms with E-state index in [2.05, 4.69) is 27.7 Å². The first-order valence-corrected chi connectivity index (χ1v) is 7.31. The minimum Gasteiger partial charge on any atom is -0.378 e. The van der Waals surface area contributed by atoms with Crippen molar-refractivity contribution >= 4 is 0 Å². The van der Waals surface area contributed by atoms with E-state index in [1.807, 2.05) is 0 Å². The van der Waals surface area contributed by atoms with Crippen LogP contribution in [0.4, 0.5) is 0 Å². The molecule has 0 aromatic rings. The first-order valence-electron chi connectivity index (χ1n) is 7.31. The van der Waals surface area contributed by atoms with Gasteiger partial charge in [-0.2, -0.15) is 0 Å². The van der Waals surface area contributed by atoms with Crippen molar-refractivity contribution in [2.45, 2.75) is 59.5 Å². The fourth-order valence-electron chi connectivity index (χ4n) is 3.06. The van der Waals surface area contributed by atoms with Crippen molar-refractivity contribution in [3.8, 4) is 0 Å². The molecule has 101 valence electrons. The smallest absolute Gasteiger partial charge is 0.0877 e. The fraction of sp³-hybridized carbons (Fsp3) is 1.00. The zero-order chi connectivity index (χ0) is 12.8. The van der Waals surface area contributed by atoms with Gasteiger partial charge in [0, 0.05) is 12.5 Å². The maximum absolute atomic E-state index is 11.4. The Hall–Kier alpha value is -0.0800. The molecule has 0 aromatic heterocycles. The van der Waals surface area contributed by atoms with E-state index in [-0.39, 0.29) is 18.6 Å². The summed E-state index contributed by atoms with van der Waals surface area (Å²) in [6, 6.07) is 0. The van der Waals surface area contributed by atoms with Gasteiger partial charge in [-0.05, 0) is 37.0 Å². The molecule has 0 bridgehead atoms. The lowest BCUT2D eigenvalue weighted by atomic mass is 9.69. The molecule has 1 aliphatic carbocycles. The highest BCUT2D eigenvalue weighted by atomic mass is 16.5. The molecule has 0 aromatic carbocycles. The van der Waals surface area contributed by atoms with Crippen molar-refractivity contribution in [3.05, 3.63) is 0 Å². The van der Waals surface area contributed by atoms with E-state index in [4.69, 9.17) is 4.74 Å². The molecule has 0 heterocycles. The van der Waals surface area contributed by atoms with Gasteiger partial charge < -0.3 is 4.74 Å². The SMILES string of the molecule is CCCCOC1C(C(C)C)CCC(C)C1C[O]. The van der Waals surface area contributed by atoms with E-state index in [1.54, 1.807) is 0 Å². The van der Waals surface area contributed by atoms with E-state index in [9.17, 15) is 5.11 Å². The highest BCUT2D eigenvalue weighted by Gasteiger charge is 2.39. The van der Waals surface area contributed by atoms with Crippen molar-refractivity contribution in [1.82, 2.24) is 0 Å². The largest absolute Gasteiger partial charge is 0.378 e. The molecule has 1 radical (unpaired) electrons. The zero-order valence-electron chi connectivity index (χ0n) is 11.9. The first kappa shape index (κ1) is 15.0. The number of ether oxygens (including phenoxy) is 1. The number of unbranched alkanes of at least 4 members (excludes halogenated alkanes) is 1. The molecule has 1 saturated carbocycles. The third-order valence-corrected chi connectivity index (χ3v) is 4.39. The molecular weight excluding hydrogens is 212 g/mol. The minimum atomic E-state index is 0.0289. The summed E-state index contributed by atoms with van der Waals surface area (Å²) in [5.41, 5.74) is 0. The van der Waals surface area contributed by atoms with Crippen LogP contribution in [0.5, 0.6) is 0 Å². The Balaban J connectivity index is 2.64. The Bertz CT molecular complexity index is 201. The maximum atomic E-state index is 11.4. The predicted molar refractivity (Wildman–Crippen MR) is 70.4 cm³/mol. The topological polar surface area (TPSA) is 29.1 Å². The second-order valence-electron chi connectivity index (χ2n) is 5.98. The molecule has 1 aliphatic rings. The molecule has 4 unspecified atom stereocenters. The third-order valence-electron chi connectivity index (χ3n) is 4.39. The van der Waals surface area contributed by atoms with Crippen LogP contribution in [0.1, 0.15) is 53.4 Å². The van der Waals surface area contributed by atoms with E-state index >= 15 is 0 Å². The quantitative estimate of drug-likeness (QED) is 0.648. The molecule has 2 nitrogen and oxygen atoms in total. The number of hydrogen-bond acceptors (Lipinski definition) is 1. The summed E-state index contributed by atoms with van der Waals surface area (Å²) >= 11 is 0. The van der Waals surface area contributed by atoms with Crippen LogP contribution in [0.15, 0.2) is 0 Å². The van der Waals surface area contributed by atoms with E-state index < -0.39 is 0 Å². The van der Waals surface area contributed by atoms with Gasteiger partial charge in [-0.25, -0.2) is 5.11 Å². The van der Waals surface area contributed by atoms with Gasteiger partial charge in [-0.3, -0.25) is 0 Å². The monoisotopic (exact) mass is 241 g/mol. The fourth-order valence-corrected chi connectivity index (χ4v) is 3.06. The summed E-state index contributed by atoms with van der Waals surface area (Å²) in [6.45, 7) is 9.78. The second kappa shape index (κ2) is 7.38. The van der Waals surface area contributed by atoms with Crippen molar-refractivity contribution in [2.75, 3.05) is 13.2 Å². The molecule has 0 spiro atoms. The van der Waals surface area contributed by atoms with Crippen LogP contribution in [0, 0.1) is 23.7 Å². The van der Waals surface area contributed by atoms with Gasteiger partial charge in [0.25, 0.3) is 0 Å². The highest BCUT2D eigenvalue weighted by Crippen LogP contribution is 2.39. The Kier molecular flexibility index (Phi) is 6.50. The molecular formula is C15H29O2. The van der Waals surface area contributed by atoms with Crippen LogP contribution in [-0.2, 0) is 9.84 Å². The molecule has 4 atom stereocenters. The Morgan fingerprint density at radius 2 is 2.00 bits per heavy atom. The van der Waals surface area contributed by atoms with Crippen molar-refractivity contribution in [1.29, 1.82) is 0 Å². The van der Waals surface area contributed by atoms with Crippen molar-refractivity contribution in [2.24, 2.45) is 23.7 Å². The molecule has 0 N–H and O–H groups in total. The van der Waals surface area contributed by atoms with Gasteiger partial charge in [0.1, 0.15) is 0 Å². The van der Waals surface area contributed by atoms with E-state index in [0.29, 0.717) is 17.8 Å². The van der Waals surface area contributed by atoms with Crippen LogP contribution in [-0.4, -0.2) is 19.3 Å². The predicted octanol–water partition coefficient (Wildman–Crippen LogP) is 3.92. The summed E-state index contributed by atoms with van der Waals surface area (Å²) in [5, 5.41) is 11.4. The van der Waals surface area contributed by atoms with Gasteiger partial charge >= 0.3 is 0 Å². The summed E-state index contributed by atoms with van der Waals surface area (Å²) in [4.78, 5) is 0. The number of rotatable bonds is 6. The van der Waals surface area contributed by atoms with Gasteiger partial charge in [-0.15, -0.1) is 0 Å². The first-order chi connectivity index (χ1) is 8.11. The average Bonchev–Trinajstić information content (AvgIpc) is 2.29. The molecule has 0 saturated heterocycles. The summed E-state index contributed by atoms with van der Waals surface area (Å²) in [7, 11) is 0. The summed E-state index contributed by atoms with van der Waals surface area (Å²) in [6.07, 6.45) is 4.91. The Labute approximate surface area is 107 Å². The van der Waals surface area contributed by atoms with E-state index in [0.717, 1.165) is 19.4 Å². The van der Waals surface area contributed by atoms with Crippen molar-refractivity contribution in [3.63, 3.8) is 0 Å². The van der Waals surface area contributed by atoms with Gasteiger partial charge in [0.05, 0.1) is 12.7 Å². The highest BCUT2D eigenvalue weighted by molar-refractivity contribution is 4.88. The molecule has 1 rings (SSSR count). The van der Waals surface area contributed by atoms with Crippen LogP contribution in [0.25, 0.3) is 0 Å². The van der Waals surface area contributed by atoms with Crippen LogP contribution < -0.4 is 0 Å². The van der Waals surface area contributed by atoms with Gasteiger partial charge in [-0.1, -0.05) is 34.1 Å². The van der Waals surface area contributed by atoms with Gasteiger partial charge in [0.15, 0.2) is 0 Å². The lowest BCUT2D eigenvalue weighted by Gasteiger charge is -2.42. The zero-order valence-corrected chi connectivity index (χ0v) is 11.9. The normalized spacial score (nSPS) is 34.2. The lowest BCUT2D eigenvalue weighted by Crippen LogP contribution is -2.44. The van der Waals surface area contributed by atoms with Crippen LogP contribution in [0.2, 0.25) is 0 Å². The third kappa shape index (κ3) is 3.96. The Morgan fingerprint density at radius 3 is 2.53 bits per heavy atom. The van der Waals surface area contributed by atoms with Gasteiger partial charge in [0.2, 0.25) is 0 Å². The molecule has 17 heavy (non-hydrogen) atoms. The Morgan fingerprint density at radius 1 is 1.29 bits per heavy atom. The molecule has 2 heteroatoms. The minimum absolute atomic E-state index is 0.0289. The standard InChI is InChI=1S/C15H29O2/c1-5-6-9-17-15-13(11(2)3)8-7-12(4)14(15)10-16/h11-15H,5-10H2,1-4H3.